The fourth-order valence-electron chi connectivity index (χ4n) is 0.735. The molecule has 0 saturated carbocycles. The van der Waals surface area contributed by atoms with E-state index in [0.717, 1.165) is 10.7 Å². The van der Waals surface area contributed by atoms with Gasteiger partial charge in [-0.15, -0.1) is 11.3 Å². The van der Waals surface area contributed by atoms with E-state index in [2.05, 4.69) is 9.72 Å². The summed E-state index contributed by atoms with van der Waals surface area (Å²) >= 11 is 1.61. The van der Waals surface area contributed by atoms with E-state index in [1.807, 2.05) is 12.3 Å². The maximum absolute atomic E-state index is 9.76. The molecule has 1 rings (SSSR count). The van der Waals surface area contributed by atoms with Crippen LogP contribution in [0.15, 0.2) is 5.38 Å². The third-order valence-corrected chi connectivity index (χ3v) is 2.03. The predicted molar refractivity (Wildman–Crippen MR) is 48.3 cm³/mol. The summed E-state index contributed by atoms with van der Waals surface area (Å²) in [4.78, 5) is 14.0. The molecule has 0 bridgehead atoms. The van der Waals surface area contributed by atoms with Crippen LogP contribution < -0.4 is 0 Å². The molecule has 12 heavy (non-hydrogen) atoms. The van der Waals surface area contributed by atoms with Crippen LogP contribution >= 0.6 is 11.3 Å². The highest BCUT2D eigenvalue weighted by molar-refractivity contribution is 7.09. The zero-order valence-corrected chi connectivity index (χ0v) is 7.63. The van der Waals surface area contributed by atoms with E-state index in [9.17, 15) is 4.79 Å². The minimum atomic E-state index is 0. The normalized spacial score (nSPS) is 8.75. The molecule has 0 N–H and O–H groups in total. The van der Waals surface area contributed by atoms with Crippen molar-refractivity contribution in [1.29, 1.82) is 0 Å². The molecule has 0 aliphatic heterocycles. The molecule has 5 heteroatoms. The summed E-state index contributed by atoms with van der Waals surface area (Å²) in [5, 5.41) is 3.02. The van der Waals surface area contributed by atoms with Crippen molar-refractivity contribution < 1.29 is 9.53 Å². The Morgan fingerprint density at radius 3 is 3.00 bits per heavy atom. The Labute approximate surface area is 77.3 Å². The van der Waals surface area contributed by atoms with Gasteiger partial charge in [0.05, 0.1) is 17.3 Å². The van der Waals surface area contributed by atoms with Crippen molar-refractivity contribution in [2.75, 3.05) is 6.61 Å². The first-order valence-corrected chi connectivity index (χ1v) is 4.17. The Morgan fingerprint density at radius 1 is 1.75 bits per heavy atom. The molecule has 1 aromatic heterocycles. The molecule has 0 aliphatic carbocycles. The van der Waals surface area contributed by atoms with Gasteiger partial charge >= 0.3 is 0 Å². The average molecular weight is 182 g/mol. The fraction of sp³-hybridized carbons (Fsp3) is 0.429. The molecule has 3 nitrogen and oxygen atoms in total. The first-order valence-electron chi connectivity index (χ1n) is 3.29. The Morgan fingerprint density at radius 2 is 2.50 bits per heavy atom. The van der Waals surface area contributed by atoms with Crippen molar-refractivity contribution in [1.82, 2.24) is 4.98 Å². The van der Waals surface area contributed by atoms with Gasteiger partial charge in [-0.2, -0.15) is 0 Å². The van der Waals surface area contributed by atoms with Gasteiger partial charge in [0.1, 0.15) is 0 Å². The van der Waals surface area contributed by atoms with E-state index in [1.54, 1.807) is 11.3 Å². The van der Waals surface area contributed by atoms with Gasteiger partial charge in [-0.05, 0) is 6.92 Å². The third-order valence-electron chi connectivity index (χ3n) is 1.21. The summed E-state index contributed by atoms with van der Waals surface area (Å²) in [6.07, 6.45) is 0.711. The summed E-state index contributed by atoms with van der Waals surface area (Å²) in [6, 6.07) is 0. The van der Waals surface area contributed by atoms with Crippen molar-refractivity contribution in [3.05, 3.63) is 16.1 Å². The number of carbonyl (C=O) groups excluding carboxylic acids is 1. The van der Waals surface area contributed by atoms with Crippen LogP contribution in [-0.2, 0) is 16.0 Å². The molecule has 0 fully saturated rings. The van der Waals surface area contributed by atoms with Crippen LogP contribution in [0.3, 0.4) is 0 Å². The minimum absolute atomic E-state index is 0. The number of thiazole rings is 1. The summed E-state index contributed by atoms with van der Waals surface area (Å²) in [7, 11) is 0. The Kier molecular flexibility index (Phi) is 5.37. The molecule has 0 spiro atoms. The highest BCUT2D eigenvalue weighted by Gasteiger charge is 1.96. The zero-order valence-electron chi connectivity index (χ0n) is 6.82. The quantitative estimate of drug-likeness (QED) is 0.392. The van der Waals surface area contributed by atoms with Gasteiger partial charge in [0.2, 0.25) is 0 Å². The second kappa shape index (κ2) is 5.77. The van der Waals surface area contributed by atoms with Crippen LogP contribution in [0.1, 0.15) is 10.7 Å². The Balaban J connectivity index is 0.00000121. The maximum Gasteiger partial charge on any atom is 0.293 e. The maximum atomic E-state index is 9.76. The zero-order chi connectivity index (χ0) is 8.10. The number of hydrogen-bond acceptors (Lipinski definition) is 4. The Hall–Kier alpha value is -0.835. The standard InChI is InChI=1S/C7H9NO2S.B/c1-6-8-7(4-11-6)2-3-10-5-9;/h4-5H,2-3H2,1H3;. The van der Waals surface area contributed by atoms with Crippen molar-refractivity contribution >= 4 is 26.2 Å². The van der Waals surface area contributed by atoms with Crippen LogP contribution in [0.2, 0.25) is 0 Å². The van der Waals surface area contributed by atoms with Gasteiger partial charge in [0, 0.05) is 20.2 Å². The van der Waals surface area contributed by atoms with E-state index in [-0.39, 0.29) is 8.41 Å². The van der Waals surface area contributed by atoms with E-state index >= 15 is 0 Å². The SMILES string of the molecule is Cc1nc(CCOC=O)cs1.[B]. The number of aryl methyl sites for hydroxylation is 1. The molecule has 1 heterocycles. The molecule has 63 valence electrons. The molecule has 0 saturated heterocycles. The van der Waals surface area contributed by atoms with E-state index in [0.29, 0.717) is 19.5 Å². The van der Waals surface area contributed by atoms with Crippen LogP contribution in [0.5, 0.6) is 0 Å². The van der Waals surface area contributed by atoms with Crippen LogP contribution in [-0.4, -0.2) is 26.5 Å². The monoisotopic (exact) mass is 182 g/mol. The summed E-state index contributed by atoms with van der Waals surface area (Å²) in [5.74, 6) is 0. The van der Waals surface area contributed by atoms with Crippen LogP contribution in [0.25, 0.3) is 0 Å². The van der Waals surface area contributed by atoms with E-state index in [1.165, 1.54) is 0 Å². The minimum Gasteiger partial charge on any atom is -0.467 e. The molecule has 0 atom stereocenters. The number of rotatable bonds is 4. The van der Waals surface area contributed by atoms with Crippen LogP contribution in [0, 0.1) is 6.92 Å². The number of hydrogen-bond donors (Lipinski definition) is 0. The average Bonchev–Trinajstić information content (AvgIpc) is 2.37. The van der Waals surface area contributed by atoms with Gasteiger partial charge < -0.3 is 4.74 Å². The van der Waals surface area contributed by atoms with Crippen molar-refractivity contribution in [3.63, 3.8) is 0 Å². The number of aromatic nitrogens is 1. The number of ether oxygens (including phenoxy) is 1. The van der Waals surface area contributed by atoms with E-state index < -0.39 is 0 Å². The summed E-state index contributed by atoms with van der Waals surface area (Å²) in [6.45, 7) is 2.83. The molecule has 0 amide bonds. The van der Waals surface area contributed by atoms with Gasteiger partial charge in [0.25, 0.3) is 6.47 Å². The molecule has 0 unspecified atom stereocenters. The second-order valence-electron chi connectivity index (χ2n) is 2.07. The largest absolute Gasteiger partial charge is 0.467 e. The topological polar surface area (TPSA) is 39.2 Å². The van der Waals surface area contributed by atoms with Crippen molar-refractivity contribution in [3.8, 4) is 0 Å². The lowest BCUT2D eigenvalue weighted by atomic mass is 10.4. The van der Waals surface area contributed by atoms with Gasteiger partial charge in [-0.25, -0.2) is 4.98 Å². The lowest BCUT2D eigenvalue weighted by Gasteiger charge is -1.93. The second-order valence-corrected chi connectivity index (χ2v) is 3.14. The predicted octanol–water partition coefficient (Wildman–Crippen LogP) is 0.786. The molecule has 1 aromatic rings. The van der Waals surface area contributed by atoms with Gasteiger partial charge in [-0.3, -0.25) is 4.79 Å². The van der Waals surface area contributed by atoms with Gasteiger partial charge in [-0.1, -0.05) is 0 Å². The van der Waals surface area contributed by atoms with Gasteiger partial charge in [0.15, 0.2) is 0 Å². The van der Waals surface area contributed by atoms with E-state index in [4.69, 9.17) is 0 Å². The summed E-state index contributed by atoms with van der Waals surface area (Å²) in [5.41, 5.74) is 0.995. The third kappa shape index (κ3) is 3.53. The first-order chi connectivity index (χ1) is 5.33. The van der Waals surface area contributed by atoms with Crippen molar-refractivity contribution in [2.45, 2.75) is 13.3 Å². The Bertz CT molecular complexity index is 239. The lowest BCUT2D eigenvalue weighted by Crippen LogP contribution is -1.96. The summed E-state index contributed by atoms with van der Waals surface area (Å²) < 4.78 is 4.53. The molecule has 0 aliphatic rings. The molecular weight excluding hydrogens is 173 g/mol. The molecular formula is C7H9BNO2S. The fourth-order valence-corrected chi connectivity index (χ4v) is 1.38. The van der Waals surface area contributed by atoms with Crippen LogP contribution in [0.4, 0.5) is 0 Å². The highest BCUT2D eigenvalue weighted by atomic mass is 32.1. The van der Waals surface area contributed by atoms with Crippen molar-refractivity contribution in [2.24, 2.45) is 0 Å². The number of nitrogens with zero attached hydrogens (tertiary/aromatic N) is 1. The molecule has 0 aromatic carbocycles. The lowest BCUT2D eigenvalue weighted by molar-refractivity contribution is -0.128. The number of carbonyl (C=O) groups is 1. The smallest absolute Gasteiger partial charge is 0.293 e. The molecule has 3 radical (unpaired) electrons. The first kappa shape index (κ1) is 11.2. The highest BCUT2D eigenvalue weighted by Crippen LogP contribution is 2.07.